The maximum atomic E-state index is 11.8. The molecule has 5 heterocycles. The Morgan fingerprint density at radius 1 is 1.14 bits per heavy atom. The van der Waals surface area contributed by atoms with E-state index in [1.54, 1.807) is 61.0 Å². The molecule has 0 spiro atoms. The standard InChI is InChI=1S/C18H15N7O3.C11H13NO2/c19-14(23-15-6-1-10(7-20-15)11-8-21-22-9-11)5-3-12-2-4-13(28-12)16-17(26)25-18(27)24-16;1-12-6-5-8-3-4-9(14-2)7-10(8)11(12)13/h1-9,16H,(H,21,22)(H2,19,20,23)(H2,24,25,26,27);3-4,7H,5-6H2,1-2H3/b5-3-;. The van der Waals surface area contributed by atoms with Gasteiger partial charge >= 0.3 is 6.03 Å². The van der Waals surface area contributed by atoms with E-state index in [1.807, 2.05) is 31.3 Å². The lowest BCUT2D eigenvalue weighted by Gasteiger charge is -2.24. The van der Waals surface area contributed by atoms with Crippen molar-refractivity contribution in [2.45, 2.75) is 12.5 Å². The largest absolute Gasteiger partial charge is 0.497 e. The number of aliphatic imine (C=N–C) groups is 1. The number of amidine groups is 1. The average molecular weight is 569 g/mol. The first kappa shape index (κ1) is 27.8. The van der Waals surface area contributed by atoms with Crippen molar-refractivity contribution in [2.24, 2.45) is 10.7 Å². The number of amides is 4. The van der Waals surface area contributed by atoms with Crippen LogP contribution in [0.25, 0.3) is 17.2 Å². The summed E-state index contributed by atoms with van der Waals surface area (Å²) in [7, 11) is 3.43. The quantitative estimate of drug-likeness (QED) is 0.156. The van der Waals surface area contributed by atoms with Gasteiger partial charge in [0, 0.05) is 42.7 Å². The Bertz CT molecular complexity index is 1660. The molecule has 4 aromatic rings. The van der Waals surface area contributed by atoms with Gasteiger partial charge in [0.1, 0.15) is 23.1 Å². The Kier molecular flexibility index (Phi) is 8.09. The molecular weight excluding hydrogens is 540 g/mol. The molecule has 2 aliphatic heterocycles. The predicted octanol–water partition coefficient (Wildman–Crippen LogP) is 2.97. The number of imide groups is 1. The van der Waals surface area contributed by atoms with Crippen LogP contribution in [0.1, 0.15) is 33.5 Å². The van der Waals surface area contributed by atoms with Gasteiger partial charge in [-0.15, -0.1) is 0 Å². The number of furan rings is 1. The molecule has 0 aliphatic carbocycles. The third kappa shape index (κ3) is 6.36. The van der Waals surface area contributed by atoms with E-state index in [1.165, 1.54) is 0 Å². The number of carbonyl (C=O) groups is 3. The predicted molar refractivity (Wildman–Crippen MR) is 154 cm³/mol. The molecule has 5 N–H and O–H groups in total. The number of carbonyl (C=O) groups excluding carboxylic acids is 3. The van der Waals surface area contributed by atoms with Crippen LogP contribution in [-0.4, -0.2) is 64.5 Å². The number of fused-ring (bicyclic) bond motifs is 1. The van der Waals surface area contributed by atoms with Crippen LogP contribution in [0, 0.1) is 0 Å². The van der Waals surface area contributed by atoms with Gasteiger partial charge in [-0.25, -0.2) is 14.8 Å². The number of H-pyrrole nitrogens is 1. The number of methoxy groups -OCH3 is 1. The Hall–Kier alpha value is -5.72. The second-order valence-corrected chi connectivity index (χ2v) is 9.40. The minimum Gasteiger partial charge on any atom is -0.497 e. The molecule has 42 heavy (non-hydrogen) atoms. The Morgan fingerprint density at radius 3 is 2.69 bits per heavy atom. The van der Waals surface area contributed by atoms with Gasteiger partial charge in [-0.1, -0.05) is 6.07 Å². The van der Waals surface area contributed by atoms with E-state index in [-0.39, 0.29) is 11.7 Å². The molecule has 1 fully saturated rings. The number of aromatic amines is 1. The lowest BCUT2D eigenvalue weighted by Crippen LogP contribution is -2.34. The van der Waals surface area contributed by atoms with Crippen molar-refractivity contribution in [3.63, 3.8) is 0 Å². The molecule has 1 unspecified atom stereocenters. The van der Waals surface area contributed by atoms with Gasteiger partial charge in [-0.2, -0.15) is 5.10 Å². The molecule has 0 saturated carbocycles. The van der Waals surface area contributed by atoms with E-state index >= 15 is 0 Å². The first-order chi connectivity index (χ1) is 20.3. The van der Waals surface area contributed by atoms with Crippen molar-refractivity contribution in [3.05, 3.63) is 89.8 Å². The monoisotopic (exact) mass is 568 g/mol. The SMILES string of the molecule is COc1ccc2c(c1)C(=O)N(C)CC2.NC(/C=C\c1ccc(C2NC(=O)NC2=O)o1)=Nc1ccc(-c2cn[nH]c2)cn1. The lowest BCUT2D eigenvalue weighted by molar-refractivity contribution is -0.120. The number of hydrogen-bond acceptors (Lipinski definition) is 8. The van der Waals surface area contributed by atoms with Crippen molar-refractivity contribution < 1.29 is 23.5 Å². The second kappa shape index (κ2) is 12.2. The highest BCUT2D eigenvalue weighted by molar-refractivity contribution is 6.04. The smallest absolute Gasteiger partial charge is 0.322 e. The first-order valence-corrected chi connectivity index (χ1v) is 12.9. The van der Waals surface area contributed by atoms with Gasteiger partial charge in [0.2, 0.25) is 0 Å². The molecule has 0 radical (unpaired) electrons. The zero-order valence-corrected chi connectivity index (χ0v) is 22.8. The summed E-state index contributed by atoms with van der Waals surface area (Å²) >= 11 is 0. The van der Waals surface area contributed by atoms with Crippen molar-refractivity contribution in [1.29, 1.82) is 0 Å². The number of nitrogens with one attached hydrogen (secondary N) is 3. The minimum absolute atomic E-state index is 0.0881. The third-order valence-electron chi connectivity index (χ3n) is 6.56. The molecule has 4 amide bonds. The number of likely N-dealkylation sites (N-methyl/N-ethyl adjacent to an activating group) is 1. The molecular formula is C29H28N8O5. The van der Waals surface area contributed by atoms with Crippen molar-refractivity contribution in [2.75, 3.05) is 20.7 Å². The molecule has 2 aliphatic rings. The van der Waals surface area contributed by atoms with E-state index in [4.69, 9.17) is 14.9 Å². The minimum atomic E-state index is -0.835. The summed E-state index contributed by atoms with van der Waals surface area (Å²) < 4.78 is 10.6. The molecule has 0 bridgehead atoms. The number of nitrogens with two attached hydrogens (primary N) is 1. The lowest BCUT2D eigenvalue weighted by atomic mass is 9.99. The molecule has 1 aromatic carbocycles. The van der Waals surface area contributed by atoms with Crippen molar-refractivity contribution >= 4 is 35.6 Å². The number of benzene rings is 1. The Balaban J connectivity index is 0.000000211. The van der Waals surface area contributed by atoms with E-state index < -0.39 is 18.0 Å². The highest BCUT2D eigenvalue weighted by atomic mass is 16.5. The van der Waals surface area contributed by atoms with Crippen LogP contribution in [0.4, 0.5) is 10.6 Å². The van der Waals surface area contributed by atoms with Gasteiger partial charge in [0.05, 0.1) is 13.3 Å². The molecule has 1 atom stereocenters. The normalized spacial score (nSPS) is 16.5. The van der Waals surface area contributed by atoms with Crippen LogP contribution >= 0.6 is 0 Å². The van der Waals surface area contributed by atoms with Crippen LogP contribution in [0.3, 0.4) is 0 Å². The van der Waals surface area contributed by atoms with Crippen molar-refractivity contribution in [1.82, 2.24) is 30.7 Å². The van der Waals surface area contributed by atoms with E-state index in [0.717, 1.165) is 41.0 Å². The number of nitrogens with zero attached hydrogens (tertiary/aromatic N) is 4. The average Bonchev–Trinajstić information content (AvgIpc) is 3.76. The van der Waals surface area contributed by atoms with E-state index in [0.29, 0.717) is 17.3 Å². The fourth-order valence-electron chi connectivity index (χ4n) is 4.29. The Morgan fingerprint density at radius 2 is 2.00 bits per heavy atom. The zero-order valence-electron chi connectivity index (χ0n) is 22.8. The van der Waals surface area contributed by atoms with Crippen LogP contribution in [0.2, 0.25) is 0 Å². The summed E-state index contributed by atoms with van der Waals surface area (Å²) in [5.41, 5.74) is 9.63. The number of ether oxygens (including phenoxy) is 1. The molecule has 13 heteroatoms. The molecule has 3 aromatic heterocycles. The van der Waals surface area contributed by atoms with Crippen LogP contribution < -0.4 is 21.1 Å². The molecule has 13 nitrogen and oxygen atoms in total. The van der Waals surface area contributed by atoms with Gasteiger partial charge in [-0.05, 0) is 60.5 Å². The van der Waals surface area contributed by atoms with Crippen LogP contribution in [0.15, 0.2) is 76.5 Å². The van der Waals surface area contributed by atoms with Gasteiger partial charge in [-0.3, -0.25) is 20.0 Å². The number of rotatable bonds is 6. The number of pyridine rings is 1. The zero-order chi connectivity index (χ0) is 29.6. The summed E-state index contributed by atoms with van der Waals surface area (Å²) in [6.45, 7) is 0.804. The molecule has 214 valence electrons. The summed E-state index contributed by atoms with van der Waals surface area (Å²) in [5, 5.41) is 11.3. The molecule has 6 rings (SSSR count). The Labute approximate surface area is 240 Å². The maximum Gasteiger partial charge on any atom is 0.322 e. The topological polar surface area (TPSA) is 181 Å². The van der Waals surface area contributed by atoms with E-state index in [9.17, 15) is 14.4 Å². The fourth-order valence-corrected chi connectivity index (χ4v) is 4.29. The van der Waals surface area contributed by atoms with Crippen LogP contribution in [-0.2, 0) is 11.2 Å². The first-order valence-electron chi connectivity index (χ1n) is 12.9. The van der Waals surface area contributed by atoms with E-state index in [2.05, 4.69) is 30.8 Å². The highest BCUT2D eigenvalue weighted by Gasteiger charge is 2.33. The third-order valence-corrected chi connectivity index (χ3v) is 6.56. The summed E-state index contributed by atoms with van der Waals surface area (Å²) in [6.07, 6.45) is 9.25. The number of aromatic nitrogens is 3. The number of urea groups is 1. The second-order valence-electron chi connectivity index (χ2n) is 9.40. The summed E-state index contributed by atoms with van der Waals surface area (Å²) in [5.74, 6) is 1.85. The van der Waals surface area contributed by atoms with Gasteiger partial charge < -0.3 is 25.1 Å². The maximum absolute atomic E-state index is 11.8. The summed E-state index contributed by atoms with van der Waals surface area (Å²) in [6, 6.07) is 11.2. The highest BCUT2D eigenvalue weighted by Crippen LogP contribution is 2.23. The van der Waals surface area contributed by atoms with Crippen LogP contribution in [0.5, 0.6) is 5.75 Å². The van der Waals surface area contributed by atoms with Gasteiger partial charge in [0.25, 0.3) is 11.8 Å². The summed E-state index contributed by atoms with van der Waals surface area (Å²) in [4.78, 5) is 44.8. The fraction of sp³-hybridized carbons (Fsp3) is 0.172. The van der Waals surface area contributed by atoms with Gasteiger partial charge in [0.15, 0.2) is 11.9 Å². The number of hydrogen-bond donors (Lipinski definition) is 4. The molecule has 1 saturated heterocycles. The van der Waals surface area contributed by atoms with Crippen molar-refractivity contribution in [3.8, 4) is 16.9 Å².